The molecule has 0 unspecified atom stereocenters. The zero-order chi connectivity index (χ0) is 18.1. The second kappa shape index (κ2) is 6.63. The molecule has 2 aromatic rings. The van der Waals surface area contributed by atoms with Crippen molar-refractivity contribution in [2.75, 3.05) is 6.54 Å². The van der Waals surface area contributed by atoms with E-state index >= 15 is 0 Å². The molecule has 1 amide bonds. The number of carboxylic acid groups (broad SMARTS) is 1. The Morgan fingerprint density at radius 3 is 2.68 bits per heavy atom. The molecule has 6 heteroatoms. The largest absolute Gasteiger partial charge is 0.478 e. The Labute approximate surface area is 146 Å². The predicted molar refractivity (Wildman–Crippen MR) is 92.7 cm³/mol. The Morgan fingerprint density at radius 1 is 1.24 bits per heavy atom. The number of hydrogen-bond acceptors (Lipinski definition) is 4. The minimum Gasteiger partial charge on any atom is -0.478 e. The second-order valence-corrected chi connectivity index (χ2v) is 6.64. The van der Waals surface area contributed by atoms with E-state index in [0.29, 0.717) is 30.9 Å². The molecule has 1 aromatic carbocycles. The first-order valence-electron chi connectivity index (χ1n) is 8.34. The molecule has 0 aliphatic carbocycles. The first kappa shape index (κ1) is 17.1. The number of hydrogen-bond donors (Lipinski definition) is 1. The smallest absolute Gasteiger partial charge is 0.335 e. The minimum atomic E-state index is -0.958. The van der Waals surface area contributed by atoms with Gasteiger partial charge in [-0.15, -0.1) is 0 Å². The summed E-state index contributed by atoms with van der Waals surface area (Å²) in [4.78, 5) is 34.5. The first-order chi connectivity index (χ1) is 11.9. The first-order valence-corrected chi connectivity index (χ1v) is 8.34. The number of carbonyl (C=O) groups is 2. The molecule has 1 aliphatic rings. The summed E-state index contributed by atoms with van der Waals surface area (Å²) in [5.74, 6) is -0.290. The van der Waals surface area contributed by atoms with Crippen molar-refractivity contribution < 1.29 is 14.7 Å². The van der Waals surface area contributed by atoms with Crippen LogP contribution in [0.2, 0.25) is 0 Å². The lowest BCUT2D eigenvalue weighted by molar-refractivity contribution is 0.0696. The van der Waals surface area contributed by atoms with Gasteiger partial charge in [0.1, 0.15) is 5.82 Å². The summed E-state index contributed by atoms with van der Waals surface area (Å²) >= 11 is 0. The monoisotopic (exact) mass is 339 g/mol. The molecule has 3 rings (SSSR count). The average molecular weight is 339 g/mol. The summed E-state index contributed by atoms with van der Waals surface area (Å²) in [5.41, 5.74) is 3.51. The van der Waals surface area contributed by atoms with Crippen molar-refractivity contribution in [1.82, 2.24) is 14.9 Å². The summed E-state index contributed by atoms with van der Waals surface area (Å²) in [6.45, 7) is 6.82. The van der Waals surface area contributed by atoms with Crippen molar-refractivity contribution in [3.05, 3.63) is 58.2 Å². The van der Waals surface area contributed by atoms with Crippen molar-refractivity contribution in [2.24, 2.45) is 0 Å². The zero-order valence-corrected chi connectivity index (χ0v) is 14.6. The van der Waals surface area contributed by atoms with Gasteiger partial charge in [-0.2, -0.15) is 0 Å². The quantitative estimate of drug-likeness (QED) is 0.929. The number of rotatable bonds is 3. The fraction of sp³-hybridized carbons (Fsp3) is 0.368. The number of fused-ring (bicyclic) bond motifs is 1. The van der Waals surface area contributed by atoms with Crippen molar-refractivity contribution >= 4 is 11.9 Å². The van der Waals surface area contributed by atoms with Crippen LogP contribution in [-0.4, -0.2) is 38.4 Å². The van der Waals surface area contributed by atoms with E-state index in [1.54, 1.807) is 23.2 Å². The van der Waals surface area contributed by atoms with Crippen molar-refractivity contribution in [1.29, 1.82) is 0 Å². The van der Waals surface area contributed by atoms with Crippen LogP contribution in [0.25, 0.3) is 0 Å². The lowest BCUT2D eigenvalue weighted by atomic mass is 9.96. The van der Waals surface area contributed by atoms with Crippen LogP contribution in [0.5, 0.6) is 0 Å². The van der Waals surface area contributed by atoms with Crippen LogP contribution in [0.4, 0.5) is 0 Å². The van der Waals surface area contributed by atoms with E-state index in [-0.39, 0.29) is 17.4 Å². The van der Waals surface area contributed by atoms with E-state index < -0.39 is 5.97 Å². The highest BCUT2D eigenvalue weighted by Crippen LogP contribution is 2.24. The van der Waals surface area contributed by atoms with E-state index in [9.17, 15) is 9.59 Å². The van der Waals surface area contributed by atoms with Gasteiger partial charge in [-0.1, -0.05) is 19.9 Å². The number of benzene rings is 1. The summed E-state index contributed by atoms with van der Waals surface area (Å²) in [6, 6.07) is 5.12. The molecule has 0 radical (unpaired) electrons. The molecule has 2 heterocycles. The fourth-order valence-electron chi connectivity index (χ4n) is 3.13. The Balaban J connectivity index is 1.90. The molecule has 0 saturated heterocycles. The third-order valence-electron chi connectivity index (χ3n) is 4.47. The van der Waals surface area contributed by atoms with E-state index in [0.717, 1.165) is 16.8 Å². The molecule has 25 heavy (non-hydrogen) atoms. The predicted octanol–water partition coefficient (Wildman–Crippen LogP) is 2.81. The normalized spacial score (nSPS) is 13.7. The van der Waals surface area contributed by atoms with E-state index in [1.807, 2.05) is 26.8 Å². The third-order valence-corrected chi connectivity index (χ3v) is 4.47. The number of aromatic nitrogens is 2. The fourth-order valence-corrected chi connectivity index (χ4v) is 3.13. The van der Waals surface area contributed by atoms with Crippen molar-refractivity contribution in [3.8, 4) is 0 Å². The molecule has 0 spiro atoms. The molecule has 0 atom stereocenters. The summed E-state index contributed by atoms with van der Waals surface area (Å²) in [7, 11) is 0. The van der Waals surface area contributed by atoms with Crippen LogP contribution in [-0.2, 0) is 13.0 Å². The van der Waals surface area contributed by atoms with Gasteiger partial charge in [0.2, 0.25) is 0 Å². The molecule has 130 valence electrons. The molecule has 0 saturated carbocycles. The van der Waals surface area contributed by atoms with Crippen LogP contribution in [0.15, 0.2) is 24.4 Å². The molecule has 1 N–H and O–H groups in total. The Hall–Kier alpha value is -2.76. The van der Waals surface area contributed by atoms with Gasteiger partial charge in [-0.05, 0) is 42.5 Å². The van der Waals surface area contributed by atoms with Gasteiger partial charge >= 0.3 is 5.97 Å². The Morgan fingerprint density at radius 2 is 2.00 bits per heavy atom. The average Bonchev–Trinajstić information content (AvgIpc) is 2.60. The molecule has 1 aliphatic heterocycles. The topological polar surface area (TPSA) is 83.4 Å². The lowest BCUT2D eigenvalue weighted by Gasteiger charge is -2.29. The highest BCUT2D eigenvalue weighted by Gasteiger charge is 2.26. The highest BCUT2D eigenvalue weighted by atomic mass is 16.4. The molecule has 0 fully saturated rings. The van der Waals surface area contributed by atoms with Crippen LogP contribution < -0.4 is 0 Å². The summed E-state index contributed by atoms with van der Waals surface area (Å²) in [6.07, 6.45) is 2.31. The molecule has 1 aromatic heterocycles. The Bertz CT molecular complexity index is 846. The van der Waals surface area contributed by atoms with Gasteiger partial charge in [0.25, 0.3) is 5.91 Å². The maximum atomic E-state index is 13.0. The van der Waals surface area contributed by atoms with Crippen LogP contribution in [0, 0.1) is 6.92 Å². The number of aryl methyl sites for hydroxylation is 1. The van der Waals surface area contributed by atoms with Crippen LogP contribution in [0.3, 0.4) is 0 Å². The number of nitrogens with zero attached hydrogens (tertiary/aromatic N) is 3. The van der Waals surface area contributed by atoms with Gasteiger partial charge in [0, 0.05) is 19.3 Å². The number of aromatic carboxylic acids is 1. The van der Waals surface area contributed by atoms with Crippen molar-refractivity contribution in [3.63, 3.8) is 0 Å². The number of carbonyl (C=O) groups excluding carboxylic acids is 1. The maximum absolute atomic E-state index is 13.0. The summed E-state index contributed by atoms with van der Waals surface area (Å²) in [5, 5.41) is 9.17. The van der Waals surface area contributed by atoms with Gasteiger partial charge in [0.05, 0.1) is 16.8 Å². The van der Waals surface area contributed by atoms with E-state index in [1.165, 1.54) is 0 Å². The maximum Gasteiger partial charge on any atom is 0.335 e. The minimum absolute atomic E-state index is 0.102. The standard InChI is InChI=1S/C19H21N3O3/c1-11(2)17-16(9-20-12(3)21-17)18(23)22-7-6-13-4-5-14(19(24)25)8-15(13)10-22/h4-5,8-9,11H,6-7,10H2,1-3H3,(H,24,25). The van der Waals surface area contributed by atoms with E-state index in [2.05, 4.69) is 9.97 Å². The van der Waals surface area contributed by atoms with Gasteiger partial charge in [0.15, 0.2) is 0 Å². The lowest BCUT2D eigenvalue weighted by Crippen LogP contribution is -2.37. The summed E-state index contributed by atoms with van der Waals surface area (Å²) < 4.78 is 0. The van der Waals surface area contributed by atoms with Crippen LogP contribution >= 0.6 is 0 Å². The number of carboxylic acids is 1. The van der Waals surface area contributed by atoms with Crippen LogP contribution in [0.1, 0.15) is 63.1 Å². The van der Waals surface area contributed by atoms with Gasteiger partial charge in [-0.3, -0.25) is 4.79 Å². The highest BCUT2D eigenvalue weighted by molar-refractivity contribution is 5.95. The Kier molecular flexibility index (Phi) is 4.53. The van der Waals surface area contributed by atoms with Crippen molar-refractivity contribution in [2.45, 2.75) is 39.7 Å². The molecule has 0 bridgehead atoms. The zero-order valence-electron chi connectivity index (χ0n) is 14.6. The van der Waals surface area contributed by atoms with E-state index in [4.69, 9.17) is 5.11 Å². The molecule has 6 nitrogen and oxygen atoms in total. The number of amides is 1. The molecular weight excluding hydrogens is 318 g/mol. The SMILES string of the molecule is Cc1ncc(C(=O)N2CCc3ccc(C(=O)O)cc3C2)c(C(C)C)n1. The second-order valence-electron chi connectivity index (χ2n) is 6.64. The third kappa shape index (κ3) is 3.38. The van der Waals surface area contributed by atoms with Gasteiger partial charge < -0.3 is 10.0 Å². The molecular formula is C19H21N3O3. The van der Waals surface area contributed by atoms with Gasteiger partial charge in [-0.25, -0.2) is 14.8 Å².